The van der Waals surface area contributed by atoms with E-state index in [0.717, 1.165) is 31.7 Å². The molecule has 0 saturated carbocycles. The Kier molecular flexibility index (Phi) is 6.22. The summed E-state index contributed by atoms with van der Waals surface area (Å²) in [5.74, 6) is 0.0488. The zero-order valence-electron chi connectivity index (χ0n) is 11.3. The van der Waals surface area contributed by atoms with Crippen molar-refractivity contribution in [2.45, 2.75) is 26.7 Å². The molecule has 1 amide bonds. The molecule has 100 valence electrons. The topological polar surface area (TPSA) is 58.4 Å². The molecule has 0 heterocycles. The number of nitrogens with two attached hydrogens (primary N) is 1. The Balaban J connectivity index is 2.29. The molecule has 1 aromatic rings. The predicted octanol–water partition coefficient (Wildman–Crippen LogP) is 2.33. The quantitative estimate of drug-likeness (QED) is 0.729. The maximum absolute atomic E-state index is 11.7. The van der Waals surface area contributed by atoms with Gasteiger partial charge in [-0.15, -0.1) is 0 Å². The molecule has 0 aromatic heterocycles. The third-order valence-electron chi connectivity index (χ3n) is 2.94. The van der Waals surface area contributed by atoms with Crippen LogP contribution in [0.4, 0.5) is 11.4 Å². The second-order valence-electron chi connectivity index (χ2n) is 4.30. The van der Waals surface area contributed by atoms with Crippen molar-refractivity contribution in [3.05, 3.63) is 24.3 Å². The maximum Gasteiger partial charge on any atom is 0.224 e. The monoisotopic (exact) mass is 249 g/mol. The number of benzene rings is 1. The fourth-order valence-electron chi connectivity index (χ4n) is 1.84. The van der Waals surface area contributed by atoms with Gasteiger partial charge in [0.05, 0.1) is 0 Å². The van der Waals surface area contributed by atoms with E-state index in [9.17, 15) is 4.79 Å². The number of hydrogen-bond acceptors (Lipinski definition) is 3. The first-order chi connectivity index (χ1) is 8.65. The van der Waals surface area contributed by atoms with Gasteiger partial charge in [-0.3, -0.25) is 4.79 Å². The van der Waals surface area contributed by atoms with Gasteiger partial charge in [0, 0.05) is 17.8 Å². The largest absolute Gasteiger partial charge is 0.399 e. The predicted molar refractivity (Wildman–Crippen MR) is 76.5 cm³/mol. The summed E-state index contributed by atoms with van der Waals surface area (Å²) in [5.41, 5.74) is 7.08. The lowest BCUT2D eigenvalue weighted by molar-refractivity contribution is -0.116. The second-order valence-corrected chi connectivity index (χ2v) is 4.30. The molecule has 18 heavy (non-hydrogen) atoms. The van der Waals surface area contributed by atoms with Gasteiger partial charge in [0.1, 0.15) is 0 Å². The number of anilines is 2. The van der Waals surface area contributed by atoms with Gasteiger partial charge in [-0.1, -0.05) is 19.9 Å². The zero-order chi connectivity index (χ0) is 13.4. The average Bonchev–Trinajstić information content (AvgIpc) is 2.34. The number of nitrogens with one attached hydrogen (secondary N) is 1. The van der Waals surface area contributed by atoms with Crippen molar-refractivity contribution in [3.8, 4) is 0 Å². The summed E-state index contributed by atoms with van der Waals surface area (Å²) in [6.07, 6.45) is 1.43. The number of rotatable bonds is 7. The van der Waals surface area contributed by atoms with E-state index in [1.807, 2.05) is 12.1 Å². The van der Waals surface area contributed by atoms with E-state index in [4.69, 9.17) is 5.73 Å². The van der Waals surface area contributed by atoms with Gasteiger partial charge in [-0.25, -0.2) is 0 Å². The van der Waals surface area contributed by atoms with Gasteiger partial charge in [-0.2, -0.15) is 0 Å². The molecule has 0 aliphatic carbocycles. The Morgan fingerprint density at radius 1 is 1.33 bits per heavy atom. The first kappa shape index (κ1) is 14.5. The molecule has 4 heteroatoms. The summed E-state index contributed by atoms with van der Waals surface area (Å²) >= 11 is 0. The number of carbonyl (C=O) groups excluding carboxylic acids is 1. The third kappa shape index (κ3) is 5.19. The van der Waals surface area contributed by atoms with Crippen LogP contribution in [0.2, 0.25) is 0 Å². The van der Waals surface area contributed by atoms with Crippen LogP contribution < -0.4 is 11.1 Å². The molecule has 3 N–H and O–H groups in total. The highest BCUT2D eigenvalue weighted by Gasteiger charge is 2.04. The second kappa shape index (κ2) is 7.71. The highest BCUT2D eigenvalue weighted by molar-refractivity contribution is 5.91. The molecule has 1 aromatic carbocycles. The summed E-state index contributed by atoms with van der Waals surface area (Å²) in [5, 5.41) is 2.86. The number of nitrogens with zero attached hydrogens (tertiary/aromatic N) is 1. The molecule has 0 fully saturated rings. The van der Waals surface area contributed by atoms with Gasteiger partial charge in [0.15, 0.2) is 0 Å². The molecule has 0 atom stereocenters. The molecule has 0 spiro atoms. The lowest BCUT2D eigenvalue weighted by Crippen LogP contribution is -2.25. The highest BCUT2D eigenvalue weighted by Crippen LogP contribution is 2.12. The van der Waals surface area contributed by atoms with Crippen LogP contribution in [0, 0.1) is 0 Å². The van der Waals surface area contributed by atoms with E-state index in [-0.39, 0.29) is 5.91 Å². The minimum absolute atomic E-state index is 0.0488. The zero-order valence-corrected chi connectivity index (χ0v) is 11.3. The van der Waals surface area contributed by atoms with Crippen LogP contribution in [0.15, 0.2) is 24.3 Å². The van der Waals surface area contributed by atoms with Crippen LogP contribution in [0.25, 0.3) is 0 Å². The standard InChI is InChI=1S/C14H23N3O/c1-3-17(4-2)10-6-9-14(18)16-13-8-5-7-12(15)11-13/h5,7-8,11H,3-4,6,9-10,15H2,1-2H3,(H,16,18). The fourth-order valence-corrected chi connectivity index (χ4v) is 1.84. The molecule has 0 radical (unpaired) electrons. The maximum atomic E-state index is 11.7. The van der Waals surface area contributed by atoms with Gasteiger partial charge in [0.25, 0.3) is 0 Å². The average molecular weight is 249 g/mol. The summed E-state index contributed by atoms with van der Waals surface area (Å²) in [7, 11) is 0. The van der Waals surface area contributed by atoms with Crippen LogP contribution in [0.5, 0.6) is 0 Å². The third-order valence-corrected chi connectivity index (χ3v) is 2.94. The minimum atomic E-state index is 0.0488. The van der Waals surface area contributed by atoms with E-state index in [1.54, 1.807) is 12.1 Å². The number of carbonyl (C=O) groups is 1. The van der Waals surface area contributed by atoms with E-state index in [1.165, 1.54) is 0 Å². The van der Waals surface area contributed by atoms with Crippen molar-refractivity contribution in [1.82, 2.24) is 4.90 Å². The minimum Gasteiger partial charge on any atom is -0.399 e. The summed E-state index contributed by atoms with van der Waals surface area (Å²) < 4.78 is 0. The normalized spacial score (nSPS) is 10.6. The van der Waals surface area contributed by atoms with Gasteiger partial charge in [0.2, 0.25) is 5.91 Å². The fraction of sp³-hybridized carbons (Fsp3) is 0.500. The number of hydrogen-bond donors (Lipinski definition) is 2. The SMILES string of the molecule is CCN(CC)CCCC(=O)Nc1cccc(N)c1. The van der Waals surface area contributed by atoms with Crippen LogP contribution in [0.3, 0.4) is 0 Å². The Hall–Kier alpha value is -1.55. The van der Waals surface area contributed by atoms with Crippen LogP contribution in [-0.2, 0) is 4.79 Å². The molecule has 0 aliphatic heterocycles. The Labute approximate surface area is 109 Å². The van der Waals surface area contributed by atoms with Crippen molar-refractivity contribution >= 4 is 17.3 Å². The molecular weight excluding hydrogens is 226 g/mol. The van der Waals surface area contributed by atoms with Crippen molar-refractivity contribution in [3.63, 3.8) is 0 Å². The van der Waals surface area contributed by atoms with Gasteiger partial charge >= 0.3 is 0 Å². The van der Waals surface area contributed by atoms with Crippen molar-refractivity contribution < 1.29 is 4.79 Å². The van der Waals surface area contributed by atoms with Crippen molar-refractivity contribution in [2.24, 2.45) is 0 Å². The van der Waals surface area contributed by atoms with E-state index < -0.39 is 0 Å². The molecular formula is C14H23N3O. The summed E-state index contributed by atoms with van der Waals surface area (Å²) in [6.45, 7) is 7.31. The molecule has 1 rings (SSSR count). The summed E-state index contributed by atoms with van der Waals surface area (Å²) in [4.78, 5) is 14.0. The molecule has 0 bridgehead atoms. The highest BCUT2D eigenvalue weighted by atomic mass is 16.1. The first-order valence-corrected chi connectivity index (χ1v) is 6.53. The van der Waals surface area contributed by atoms with Crippen LogP contribution in [-0.4, -0.2) is 30.4 Å². The lowest BCUT2D eigenvalue weighted by Gasteiger charge is -2.17. The van der Waals surface area contributed by atoms with E-state index in [2.05, 4.69) is 24.1 Å². The molecule has 4 nitrogen and oxygen atoms in total. The molecule has 0 saturated heterocycles. The van der Waals surface area contributed by atoms with E-state index in [0.29, 0.717) is 12.1 Å². The smallest absolute Gasteiger partial charge is 0.224 e. The van der Waals surface area contributed by atoms with Gasteiger partial charge in [-0.05, 0) is 44.3 Å². The Morgan fingerprint density at radius 2 is 2.06 bits per heavy atom. The first-order valence-electron chi connectivity index (χ1n) is 6.53. The lowest BCUT2D eigenvalue weighted by atomic mass is 10.2. The molecule has 0 unspecified atom stereocenters. The molecule has 0 aliphatic rings. The number of nitrogen functional groups attached to an aromatic ring is 1. The van der Waals surface area contributed by atoms with E-state index >= 15 is 0 Å². The Bertz CT molecular complexity index is 375. The van der Waals surface area contributed by atoms with Crippen molar-refractivity contribution in [1.29, 1.82) is 0 Å². The van der Waals surface area contributed by atoms with Crippen LogP contribution >= 0.6 is 0 Å². The van der Waals surface area contributed by atoms with Gasteiger partial charge < -0.3 is 16.0 Å². The Morgan fingerprint density at radius 3 is 2.67 bits per heavy atom. The summed E-state index contributed by atoms with van der Waals surface area (Å²) in [6, 6.07) is 7.25. The van der Waals surface area contributed by atoms with Crippen LogP contribution in [0.1, 0.15) is 26.7 Å². The van der Waals surface area contributed by atoms with Crippen molar-refractivity contribution in [2.75, 3.05) is 30.7 Å². The number of amides is 1.